The minimum atomic E-state index is -0.216. The van der Waals surface area contributed by atoms with Crippen LogP contribution in [0.2, 0.25) is 0 Å². The molecule has 0 unspecified atom stereocenters. The summed E-state index contributed by atoms with van der Waals surface area (Å²) in [5, 5.41) is 9.14. The van der Waals surface area contributed by atoms with Gasteiger partial charge in [0.1, 0.15) is 11.6 Å². The molecule has 0 saturated heterocycles. The number of nitriles is 1. The normalized spacial score (nSPS) is 10.3. The second kappa shape index (κ2) is 7.43. The third-order valence-electron chi connectivity index (χ3n) is 4.05. The van der Waals surface area contributed by atoms with Crippen LogP contribution >= 0.6 is 0 Å². The first-order chi connectivity index (χ1) is 11.8. The van der Waals surface area contributed by atoms with Crippen molar-refractivity contribution >= 4 is 0 Å². The van der Waals surface area contributed by atoms with Crippen molar-refractivity contribution in [1.82, 2.24) is 4.57 Å². The molecule has 0 spiro atoms. The van der Waals surface area contributed by atoms with E-state index in [0.29, 0.717) is 6.54 Å². The molecule has 0 atom stereocenters. The molecule has 1 heterocycles. The van der Waals surface area contributed by atoms with Crippen molar-refractivity contribution < 1.29 is 0 Å². The lowest BCUT2D eigenvalue weighted by Crippen LogP contribution is -2.24. The van der Waals surface area contributed by atoms with Gasteiger partial charge >= 0.3 is 0 Å². The molecular formula is C21H18N2O. The fraction of sp³-hybridized carbons (Fsp3) is 0.143. The van der Waals surface area contributed by atoms with Crippen molar-refractivity contribution in [1.29, 1.82) is 5.26 Å². The summed E-state index contributed by atoms with van der Waals surface area (Å²) >= 11 is 0. The standard InChI is InChI=1S/C21H18N2O/c22-16-19-13-14-20(18-11-5-2-6-12-18)23(21(19)24)15-7-10-17-8-3-1-4-9-17/h1-6,8-9,11-14H,7,10,15H2. The molecule has 0 fully saturated rings. The van der Waals surface area contributed by atoms with Gasteiger partial charge < -0.3 is 4.57 Å². The van der Waals surface area contributed by atoms with Gasteiger partial charge in [-0.1, -0.05) is 60.7 Å². The van der Waals surface area contributed by atoms with Crippen molar-refractivity contribution in [2.75, 3.05) is 0 Å². The van der Waals surface area contributed by atoms with Crippen LogP contribution in [-0.4, -0.2) is 4.57 Å². The first-order valence-corrected chi connectivity index (χ1v) is 8.03. The third-order valence-corrected chi connectivity index (χ3v) is 4.05. The Morgan fingerprint density at radius 1 is 0.875 bits per heavy atom. The Morgan fingerprint density at radius 2 is 1.54 bits per heavy atom. The van der Waals surface area contributed by atoms with Gasteiger partial charge in [-0.25, -0.2) is 0 Å². The van der Waals surface area contributed by atoms with Crippen LogP contribution in [0.5, 0.6) is 0 Å². The predicted octanol–water partition coefficient (Wildman–Crippen LogP) is 4.02. The monoisotopic (exact) mass is 314 g/mol. The summed E-state index contributed by atoms with van der Waals surface area (Å²) in [7, 11) is 0. The Kier molecular flexibility index (Phi) is 4.88. The van der Waals surface area contributed by atoms with Gasteiger partial charge in [-0.05, 0) is 36.1 Å². The van der Waals surface area contributed by atoms with Gasteiger partial charge in [-0.2, -0.15) is 5.26 Å². The summed E-state index contributed by atoms with van der Waals surface area (Å²) in [5.74, 6) is 0. The number of hydrogen-bond donors (Lipinski definition) is 0. The lowest BCUT2D eigenvalue weighted by atomic mass is 10.1. The first-order valence-electron chi connectivity index (χ1n) is 8.03. The number of benzene rings is 2. The highest BCUT2D eigenvalue weighted by Crippen LogP contribution is 2.18. The molecule has 0 aliphatic carbocycles. The Bertz CT molecular complexity index is 906. The molecule has 0 bridgehead atoms. The number of aryl methyl sites for hydroxylation is 1. The van der Waals surface area contributed by atoms with Gasteiger partial charge in [0.2, 0.25) is 0 Å². The molecule has 118 valence electrons. The highest BCUT2D eigenvalue weighted by molar-refractivity contribution is 5.60. The molecule has 0 amide bonds. The topological polar surface area (TPSA) is 45.8 Å². The Morgan fingerprint density at radius 3 is 2.21 bits per heavy atom. The number of nitrogens with zero attached hydrogens (tertiary/aromatic N) is 2. The number of rotatable bonds is 5. The van der Waals surface area contributed by atoms with Gasteiger partial charge in [-0.15, -0.1) is 0 Å². The van der Waals surface area contributed by atoms with Crippen molar-refractivity contribution in [3.05, 3.63) is 94.3 Å². The smallest absolute Gasteiger partial charge is 0.268 e. The SMILES string of the molecule is N#Cc1ccc(-c2ccccc2)n(CCCc2ccccc2)c1=O. The average molecular weight is 314 g/mol. The van der Waals surface area contributed by atoms with E-state index in [0.717, 1.165) is 24.1 Å². The summed E-state index contributed by atoms with van der Waals surface area (Å²) in [6, 6.07) is 25.5. The summed E-state index contributed by atoms with van der Waals surface area (Å²) in [5.41, 5.74) is 3.07. The molecule has 0 radical (unpaired) electrons. The van der Waals surface area contributed by atoms with Crippen molar-refractivity contribution in [3.8, 4) is 17.3 Å². The molecular weight excluding hydrogens is 296 g/mol. The van der Waals surface area contributed by atoms with E-state index >= 15 is 0 Å². The molecule has 1 aromatic heterocycles. The second-order valence-electron chi connectivity index (χ2n) is 5.66. The lowest BCUT2D eigenvalue weighted by Gasteiger charge is -2.13. The molecule has 3 nitrogen and oxygen atoms in total. The van der Waals surface area contributed by atoms with Crippen molar-refractivity contribution in [3.63, 3.8) is 0 Å². The van der Waals surface area contributed by atoms with Gasteiger partial charge in [0, 0.05) is 6.54 Å². The van der Waals surface area contributed by atoms with Crippen LogP contribution in [0.1, 0.15) is 17.5 Å². The van der Waals surface area contributed by atoms with E-state index in [-0.39, 0.29) is 11.1 Å². The highest BCUT2D eigenvalue weighted by Gasteiger charge is 2.10. The van der Waals surface area contributed by atoms with Crippen molar-refractivity contribution in [2.24, 2.45) is 0 Å². The number of pyridine rings is 1. The summed E-state index contributed by atoms with van der Waals surface area (Å²) in [6.07, 6.45) is 1.75. The summed E-state index contributed by atoms with van der Waals surface area (Å²) < 4.78 is 1.72. The molecule has 0 aliphatic rings. The maximum Gasteiger partial charge on any atom is 0.268 e. The van der Waals surface area contributed by atoms with E-state index in [2.05, 4.69) is 12.1 Å². The van der Waals surface area contributed by atoms with Gasteiger partial charge in [-0.3, -0.25) is 4.79 Å². The zero-order valence-electron chi connectivity index (χ0n) is 13.4. The lowest BCUT2D eigenvalue weighted by molar-refractivity contribution is 0.627. The Hall–Kier alpha value is -3.12. The van der Waals surface area contributed by atoms with Crippen LogP contribution in [0.4, 0.5) is 0 Å². The maximum atomic E-state index is 12.6. The molecule has 3 aromatic rings. The molecule has 3 rings (SSSR count). The maximum absolute atomic E-state index is 12.6. The summed E-state index contributed by atoms with van der Waals surface area (Å²) in [6.45, 7) is 0.591. The quantitative estimate of drug-likeness (QED) is 0.714. The summed E-state index contributed by atoms with van der Waals surface area (Å²) in [4.78, 5) is 12.6. The highest BCUT2D eigenvalue weighted by atomic mass is 16.1. The van der Waals surface area contributed by atoms with E-state index in [1.807, 2.05) is 60.7 Å². The molecule has 3 heteroatoms. The Balaban J connectivity index is 1.90. The van der Waals surface area contributed by atoms with Crippen LogP contribution in [-0.2, 0) is 13.0 Å². The number of aromatic nitrogens is 1. The van der Waals surface area contributed by atoms with Gasteiger partial charge in [0.15, 0.2) is 0 Å². The molecule has 0 saturated carbocycles. The van der Waals surface area contributed by atoms with Crippen LogP contribution in [0.15, 0.2) is 77.6 Å². The van der Waals surface area contributed by atoms with Crippen LogP contribution in [0.25, 0.3) is 11.3 Å². The third kappa shape index (κ3) is 3.44. The second-order valence-corrected chi connectivity index (χ2v) is 5.66. The van der Waals surface area contributed by atoms with Crippen molar-refractivity contribution in [2.45, 2.75) is 19.4 Å². The minimum absolute atomic E-state index is 0.189. The number of hydrogen-bond acceptors (Lipinski definition) is 2. The van der Waals surface area contributed by atoms with E-state index in [9.17, 15) is 4.79 Å². The van der Waals surface area contributed by atoms with E-state index < -0.39 is 0 Å². The predicted molar refractivity (Wildman–Crippen MR) is 95.6 cm³/mol. The van der Waals surface area contributed by atoms with Crippen LogP contribution < -0.4 is 5.56 Å². The van der Waals surface area contributed by atoms with Crippen LogP contribution in [0.3, 0.4) is 0 Å². The molecule has 0 aliphatic heterocycles. The Labute approximate surface area is 141 Å². The van der Waals surface area contributed by atoms with E-state index in [4.69, 9.17) is 5.26 Å². The largest absolute Gasteiger partial charge is 0.307 e. The van der Waals surface area contributed by atoms with E-state index in [1.54, 1.807) is 10.6 Å². The average Bonchev–Trinajstić information content (AvgIpc) is 2.64. The van der Waals surface area contributed by atoms with Crippen LogP contribution in [0, 0.1) is 11.3 Å². The zero-order chi connectivity index (χ0) is 16.8. The minimum Gasteiger partial charge on any atom is -0.307 e. The van der Waals surface area contributed by atoms with Gasteiger partial charge in [0.05, 0.1) is 5.69 Å². The fourth-order valence-corrected chi connectivity index (χ4v) is 2.83. The first kappa shape index (κ1) is 15.8. The molecule has 24 heavy (non-hydrogen) atoms. The molecule has 0 N–H and O–H groups in total. The van der Waals surface area contributed by atoms with Gasteiger partial charge in [0.25, 0.3) is 5.56 Å². The zero-order valence-corrected chi connectivity index (χ0v) is 13.4. The molecule has 2 aromatic carbocycles. The fourth-order valence-electron chi connectivity index (χ4n) is 2.83. The van der Waals surface area contributed by atoms with E-state index in [1.165, 1.54) is 5.56 Å².